The lowest BCUT2D eigenvalue weighted by Gasteiger charge is -2.38. The van der Waals surface area contributed by atoms with Crippen LogP contribution in [0, 0.1) is 0 Å². The Bertz CT molecular complexity index is 517. The number of nitrogens with zero attached hydrogens (tertiary/aromatic N) is 1. The van der Waals surface area contributed by atoms with Crippen molar-refractivity contribution in [2.75, 3.05) is 0 Å². The summed E-state index contributed by atoms with van der Waals surface area (Å²) in [6.45, 7) is 4.47. The molecule has 1 aromatic rings. The normalized spacial score (nSPS) is 25.6. The average molecular weight is 303 g/mol. The fourth-order valence-corrected chi connectivity index (χ4v) is 4.83. The third-order valence-electron chi connectivity index (χ3n) is 3.55. The maximum Gasteiger partial charge on any atom is 0.262 e. The van der Waals surface area contributed by atoms with Crippen molar-refractivity contribution >= 4 is 21.4 Å². The Morgan fingerprint density at radius 2 is 2.05 bits per heavy atom. The highest BCUT2D eigenvalue weighted by Gasteiger charge is 2.29. The Balaban J connectivity index is 2.16. The first kappa shape index (κ1) is 14.9. The smallest absolute Gasteiger partial charge is 0.262 e. The van der Waals surface area contributed by atoms with Gasteiger partial charge < -0.3 is 5.73 Å². The number of hydrogen-bond acceptors (Lipinski definition) is 5. The highest BCUT2D eigenvalue weighted by Crippen LogP contribution is 2.24. The van der Waals surface area contributed by atoms with E-state index in [-0.39, 0.29) is 12.1 Å². The number of thiophene rings is 1. The number of hydrogen-bond donors (Lipinski definition) is 2. The van der Waals surface area contributed by atoms with Gasteiger partial charge in [0, 0.05) is 18.6 Å². The minimum Gasteiger partial charge on any atom is -0.326 e. The van der Waals surface area contributed by atoms with Gasteiger partial charge in [-0.15, -0.1) is 16.2 Å². The number of rotatable bonds is 4. The van der Waals surface area contributed by atoms with Crippen molar-refractivity contribution in [1.82, 2.24) is 9.84 Å². The first-order chi connectivity index (χ1) is 8.94. The molecule has 0 bridgehead atoms. The number of nitrogens with two attached hydrogens (primary N) is 1. The van der Waals surface area contributed by atoms with Crippen LogP contribution in [0.25, 0.3) is 0 Å². The molecule has 1 fully saturated rings. The molecule has 19 heavy (non-hydrogen) atoms. The summed E-state index contributed by atoms with van der Waals surface area (Å²) in [4.78, 5) is 2.72. The summed E-state index contributed by atoms with van der Waals surface area (Å²) in [6, 6.07) is 2.10. The molecule has 0 spiro atoms. The largest absolute Gasteiger partial charge is 0.326 e. The van der Waals surface area contributed by atoms with E-state index in [1.165, 1.54) is 11.3 Å². The lowest BCUT2D eigenvalue weighted by Crippen LogP contribution is -2.53. The molecule has 0 saturated carbocycles. The van der Waals surface area contributed by atoms with Crippen LogP contribution in [0.4, 0.5) is 0 Å². The molecule has 0 amide bonds. The van der Waals surface area contributed by atoms with Gasteiger partial charge in [-0.3, -0.25) is 0 Å². The molecule has 1 saturated heterocycles. The molecule has 1 aliphatic heterocycles. The minimum atomic E-state index is -3.48. The number of piperidine rings is 1. The maximum absolute atomic E-state index is 12.3. The second-order valence-corrected chi connectivity index (χ2v) is 7.91. The van der Waals surface area contributed by atoms with E-state index < -0.39 is 10.0 Å². The first-order valence-corrected chi connectivity index (χ1v) is 8.88. The van der Waals surface area contributed by atoms with Crippen molar-refractivity contribution in [2.45, 2.75) is 55.9 Å². The van der Waals surface area contributed by atoms with Gasteiger partial charge in [0.15, 0.2) is 0 Å². The molecule has 1 aliphatic rings. The van der Waals surface area contributed by atoms with Crippen LogP contribution in [-0.2, 0) is 16.6 Å². The molecule has 0 radical (unpaired) electrons. The highest BCUT2D eigenvalue weighted by molar-refractivity contribution is 7.91. The van der Waals surface area contributed by atoms with E-state index in [1.54, 1.807) is 11.4 Å². The van der Waals surface area contributed by atoms with Crippen LogP contribution in [0.1, 0.15) is 38.7 Å². The van der Waals surface area contributed by atoms with Gasteiger partial charge in [0.2, 0.25) is 0 Å². The van der Waals surface area contributed by atoms with Gasteiger partial charge in [-0.05, 0) is 43.7 Å². The Morgan fingerprint density at radius 3 is 2.58 bits per heavy atom. The van der Waals surface area contributed by atoms with Crippen molar-refractivity contribution < 1.29 is 8.42 Å². The predicted molar refractivity (Wildman–Crippen MR) is 77.1 cm³/mol. The highest BCUT2D eigenvalue weighted by atomic mass is 32.2. The van der Waals surface area contributed by atoms with Gasteiger partial charge in [0.25, 0.3) is 10.0 Å². The molecule has 0 aliphatic carbocycles. The molecule has 1 aromatic heterocycles. The number of hydrazine groups is 1. The third kappa shape index (κ3) is 3.35. The van der Waals surface area contributed by atoms with E-state index in [4.69, 9.17) is 5.73 Å². The zero-order chi connectivity index (χ0) is 14.0. The van der Waals surface area contributed by atoms with Crippen molar-refractivity contribution in [2.24, 2.45) is 5.73 Å². The van der Waals surface area contributed by atoms with Crippen LogP contribution in [0.3, 0.4) is 0 Å². The zero-order valence-electron chi connectivity index (χ0n) is 11.3. The zero-order valence-corrected chi connectivity index (χ0v) is 12.9. The molecule has 3 N–H and O–H groups in total. The lowest BCUT2D eigenvalue weighted by atomic mass is 10.0. The Labute approximate surface area is 118 Å². The van der Waals surface area contributed by atoms with Gasteiger partial charge in [-0.25, -0.2) is 13.4 Å². The molecule has 2 unspecified atom stereocenters. The fourth-order valence-electron chi connectivity index (χ4n) is 2.39. The molecule has 2 rings (SSSR count). The summed E-state index contributed by atoms with van der Waals surface area (Å²) in [6.07, 6.45) is 3.19. The van der Waals surface area contributed by atoms with Gasteiger partial charge in [0.1, 0.15) is 4.21 Å². The van der Waals surface area contributed by atoms with Crippen molar-refractivity contribution in [3.63, 3.8) is 0 Å². The molecule has 108 valence electrons. The van der Waals surface area contributed by atoms with E-state index in [0.717, 1.165) is 24.8 Å². The van der Waals surface area contributed by atoms with Gasteiger partial charge in [-0.1, -0.05) is 6.42 Å². The molecular weight excluding hydrogens is 282 g/mol. The minimum absolute atomic E-state index is 0.229. The Morgan fingerprint density at radius 1 is 1.42 bits per heavy atom. The summed E-state index contributed by atoms with van der Waals surface area (Å²) < 4.78 is 25.0. The van der Waals surface area contributed by atoms with Crippen LogP contribution in [0.5, 0.6) is 0 Å². The average Bonchev–Trinajstić information content (AvgIpc) is 2.83. The summed E-state index contributed by atoms with van der Waals surface area (Å²) >= 11 is 1.21. The second kappa shape index (κ2) is 5.88. The quantitative estimate of drug-likeness (QED) is 0.887. The van der Waals surface area contributed by atoms with Gasteiger partial charge in [-0.2, -0.15) is 0 Å². The van der Waals surface area contributed by atoms with Crippen LogP contribution >= 0.6 is 11.3 Å². The summed E-state index contributed by atoms with van der Waals surface area (Å²) in [5, 5.41) is 3.65. The SMILES string of the molecule is CC1CCCC(C)N1NS(=O)(=O)c1cc(CN)cs1. The van der Waals surface area contributed by atoms with Crippen molar-refractivity contribution in [3.05, 3.63) is 17.0 Å². The standard InChI is InChI=1S/C12H21N3O2S2/c1-9-4-3-5-10(2)15(9)14-19(16,17)12-6-11(7-13)8-18-12/h6,8-10,14H,3-5,7,13H2,1-2H3. The monoisotopic (exact) mass is 303 g/mol. The maximum atomic E-state index is 12.3. The summed E-state index contributed by atoms with van der Waals surface area (Å²) in [7, 11) is -3.48. The van der Waals surface area contributed by atoms with Crippen LogP contribution in [-0.4, -0.2) is 25.5 Å². The van der Waals surface area contributed by atoms with Gasteiger partial charge >= 0.3 is 0 Å². The molecule has 2 atom stereocenters. The van der Waals surface area contributed by atoms with Crippen molar-refractivity contribution in [3.8, 4) is 0 Å². The van der Waals surface area contributed by atoms with Crippen molar-refractivity contribution in [1.29, 1.82) is 0 Å². The predicted octanol–water partition coefficient (Wildman–Crippen LogP) is 1.66. The Kier molecular flexibility index (Phi) is 4.62. The molecule has 2 heterocycles. The van der Waals surface area contributed by atoms with Crippen LogP contribution in [0.15, 0.2) is 15.7 Å². The van der Waals surface area contributed by atoms with Crippen LogP contribution in [0.2, 0.25) is 0 Å². The Hall–Kier alpha value is -0.470. The topological polar surface area (TPSA) is 75.4 Å². The van der Waals surface area contributed by atoms with E-state index in [2.05, 4.69) is 18.7 Å². The fraction of sp³-hybridized carbons (Fsp3) is 0.667. The lowest BCUT2D eigenvalue weighted by molar-refractivity contribution is 0.0791. The summed E-state index contributed by atoms with van der Waals surface area (Å²) in [5.74, 6) is 0. The van der Waals surface area contributed by atoms with E-state index >= 15 is 0 Å². The first-order valence-electron chi connectivity index (χ1n) is 6.52. The van der Waals surface area contributed by atoms with Crippen LogP contribution < -0.4 is 10.6 Å². The molecular formula is C12H21N3O2S2. The molecule has 0 aromatic carbocycles. The van der Waals surface area contributed by atoms with E-state index in [9.17, 15) is 8.42 Å². The number of nitrogens with one attached hydrogen (secondary N) is 1. The number of sulfonamides is 1. The third-order valence-corrected chi connectivity index (χ3v) is 6.37. The van der Waals surface area contributed by atoms with E-state index in [0.29, 0.717) is 10.8 Å². The van der Waals surface area contributed by atoms with E-state index in [1.807, 2.05) is 5.01 Å². The van der Waals surface area contributed by atoms with Gasteiger partial charge in [0.05, 0.1) is 0 Å². The molecule has 7 heteroatoms. The molecule has 5 nitrogen and oxygen atoms in total. The summed E-state index contributed by atoms with van der Waals surface area (Å²) in [5.41, 5.74) is 6.37. The second-order valence-electron chi connectivity index (χ2n) is 5.11.